The van der Waals surface area contributed by atoms with Gasteiger partial charge in [0.15, 0.2) is 6.61 Å². The number of ether oxygens (including phenoxy) is 3. The lowest BCUT2D eigenvalue weighted by Crippen LogP contribution is -2.47. The molecule has 1 aromatic heterocycles. The average Bonchev–Trinajstić information content (AvgIpc) is 3.22. The zero-order valence-corrected chi connectivity index (χ0v) is 17.4. The lowest BCUT2D eigenvalue weighted by molar-refractivity contribution is -0.153. The summed E-state index contributed by atoms with van der Waals surface area (Å²) in [4.78, 5) is 20.7. The number of aromatic nitrogens is 1. The minimum Gasteiger partial charge on any atom is -0.483 e. The minimum absolute atomic E-state index is 0.0657. The third-order valence-electron chi connectivity index (χ3n) is 5.51. The maximum Gasteiger partial charge on any atom is 0.422 e. The Balaban J connectivity index is 1.52. The Morgan fingerprint density at radius 2 is 2.09 bits per heavy atom. The highest BCUT2D eigenvalue weighted by Gasteiger charge is 2.50. The number of rotatable bonds is 5. The normalized spacial score (nSPS) is 24.5. The maximum absolute atomic E-state index is 14.8. The highest BCUT2D eigenvalue weighted by atomic mass is 19.4. The molecule has 1 amide bonds. The Morgan fingerprint density at radius 3 is 2.79 bits per heavy atom. The monoisotopic (exact) mass is 468 g/mol. The molecule has 1 fully saturated rings. The van der Waals surface area contributed by atoms with Gasteiger partial charge in [0.25, 0.3) is 11.9 Å². The molecule has 3 unspecified atom stereocenters. The van der Waals surface area contributed by atoms with E-state index in [1.54, 1.807) is 6.92 Å². The summed E-state index contributed by atoms with van der Waals surface area (Å²) in [5.41, 5.74) is 5.14. The van der Waals surface area contributed by atoms with Crippen LogP contribution in [0.3, 0.4) is 0 Å². The number of carbonyl (C=O) groups excluding carboxylic acids is 1. The molecule has 12 heteroatoms. The Bertz CT molecular complexity index is 1080. The number of hydrogen-bond acceptors (Lipinski definition) is 7. The number of anilines is 1. The van der Waals surface area contributed by atoms with E-state index in [9.17, 15) is 22.4 Å². The van der Waals surface area contributed by atoms with Crippen LogP contribution in [0.2, 0.25) is 0 Å². The van der Waals surface area contributed by atoms with Crippen LogP contribution < -0.4 is 15.8 Å². The van der Waals surface area contributed by atoms with Crippen LogP contribution in [0.5, 0.6) is 5.75 Å². The van der Waals surface area contributed by atoms with Crippen molar-refractivity contribution < 1.29 is 36.6 Å². The lowest BCUT2D eigenvalue weighted by atomic mass is 9.77. The van der Waals surface area contributed by atoms with Gasteiger partial charge >= 0.3 is 6.18 Å². The number of amidine groups is 1. The van der Waals surface area contributed by atoms with Crippen LogP contribution in [0.4, 0.5) is 23.2 Å². The number of nitrogens with one attached hydrogen (secondary N) is 1. The fourth-order valence-corrected chi connectivity index (χ4v) is 3.88. The number of halogens is 4. The van der Waals surface area contributed by atoms with Gasteiger partial charge in [-0.05, 0) is 37.3 Å². The van der Waals surface area contributed by atoms with Crippen LogP contribution in [-0.2, 0) is 15.0 Å². The highest BCUT2D eigenvalue weighted by Crippen LogP contribution is 2.43. The number of nitrogens with zero attached hydrogens (tertiary/aromatic N) is 2. The van der Waals surface area contributed by atoms with Gasteiger partial charge in [-0.15, -0.1) is 0 Å². The first kappa shape index (κ1) is 22.8. The summed E-state index contributed by atoms with van der Waals surface area (Å²) in [5, 5.41) is 2.60. The summed E-state index contributed by atoms with van der Waals surface area (Å²) in [5.74, 6) is -1.60. The zero-order chi connectivity index (χ0) is 23.8. The lowest BCUT2D eigenvalue weighted by Gasteiger charge is -2.38. The van der Waals surface area contributed by atoms with E-state index in [-0.39, 0.29) is 40.7 Å². The van der Waals surface area contributed by atoms with Crippen molar-refractivity contribution in [3.8, 4) is 5.75 Å². The minimum atomic E-state index is -4.49. The number of nitrogens with two attached hydrogens (primary N) is 1. The number of pyridine rings is 1. The fourth-order valence-electron chi connectivity index (χ4n) is 3.88. The van der Waals surface area contributed by atoms with E-state index in [0.717, 1.165) is 6.20 Å². The predicted octanol–water partition coefficient (Wildman–Crippen LogP) is 2.99. The highest BCUT2D eigenvalue weighted by molar-refractivity contribution is 6.02. The number of amides is 1. The van der Waals surface area contributed by atoms with Gasteiger partial charge in [-0.1, -0.05) is 0 Å². The quantitative estimate of drug-likeness (QED) is 0.654. The Kier molecular flexibility index (Phi) is 5.87. The molecule has 4 rings (SSSR count). The van der Waals surface area contributed by atoms with Crippen molar-refractivity contribution in [2.75, 3.05) is 25.1 Å². The third-order valence-corrected chi connectivity index (χ3v) is 5.51. The van der Waals surface area contributed by atoms with E-state index >= 15 is 0 Å². The van der Waals surface area contributed by atoms with Crippen molar-refractivity contribution in [1.29, 1.82) is 0 Å². The maximum atomic E-state index is 14.8. The predicted molar refractivity (Wildman–Crippen MR) is 108 cm³/mol. The first-order valence-electron chi connectivity index (χ1n) is 9.92. The van der Waals surface area contributed by atoms with Gasteiger partial charge in [-0.25, -0.2) is 14.4 Å². The second kappa shape index (κ2) is 8.50. The van der Waals surface area contributed by atoms with E-state index in [4.69, 9.17) is 15.2 Å². The molecule has 0 aliphatic carbocycles. The van der Waals surface area contributed by atoms with Crippen LogP contribution in [0.25, 0.3) is 0 Å². The smallest absolute Gasteiger partial charge is 0.422 e. The molecule has 176 valence electrons. The second-order valence-electron chi connectivity index (χ2n) is 7.83. The van der Waals surface area contributed by atoms with Crippen LogP contribution in [-0.4, -0.2) is 49.0 Å². The zero-order valence-electron chi connectivity index (χ0n) is 17.4. The molecule has 2 aliphatic rings. The number of aliphatic imine (C=N–C) groups is 1. The van der Waals surface area contributed by atoms with E-state index in [1.165, 1.54) is 30.3 Å². The molecule has 3 atom stereocenters. The van der Waals surface area contributed by atoms with E-state index in [0.29, 0.717) is 13.2 Å². The molecule has 0 saturated carbocycles. The average molecular weight is 468 g/mol. The van der Waals surface area contributed by atoms with Gasteiger partial charge in [0, 0.05) is 11.3 Å². The van der Waals surface area contributed by atoms with Crippen LogP contribution in [0.15, 0.2) is 41.5 Å². The second-order valence-corrected chi connectivity index (χ2v) is 7.83. The molecule has 33 heavy (non-hydrogen) atoms. The van der Waals surface area contributed by atoms with Crippen molar-refractivity contribution >= 4 is 17.6 Å². The van der Waals surface area contributed by atoms with Crippen LogP contribution >= 0.6 is 0 Å². The number of benzene rings is 1. The van der Waals surface area contributed by atoms with E-state index in [2.05, 4.69) is 20.0 Å². The molecule has 1 aromatic carbocycles. The molecule has 2 aromatic rings. The molecule has 3 N–H and O–H groups in total. The Hall–Kier alpha value is -3.41. The van der Waals surface area contributed by atoms with E-state index in [1.807, 2.05) is 0 Å². The van der Waals surface area contributed by atoms with Gasteiger partial charge in [0.05, 0.1) is 30.9 Å². The molecular weight excluding hydrogens is 448 g/mol. The van der Waals surface area contributed by atoms with Crippen molar-refractivity contribution in [3.63, 3.8) is 0 Å². The topological polar surface area (TPSA) is 108 Å². The van der Waals surface area contributed by atoms with Crippen molar-refractivity contribution in [2.45, 2.75) is 24.7 Å². The van der Waals surface area contributed by atoms with E-state index < -0.39 is 30.0 Å². The molecule has 0 bridgehead atoms. The van der Waals surface area contributed by atoms with Gasteiger partial charge < -0.3 is 25.3 Å². The number of carbonyl (C=O) groups is 1. The standard InChI is InChI=1S/C21H20F4N4O4/c1-20(14-8-31-9-17(14)33-19(26)29-20)13-6-11(2-4-15(13)22)28-18(30)16-5-3-12(7-27-16)32-10-21(23,24)25/h2-7,14,17H,8-10H2,1H3,(H2,26,29)(H,28,30). The SMILES string of the molecule is CC1(c2cc(NC(=O)c3ccc(OCC(F)(F)F)cn3)ccc2F)N=C(N)OC2COCC21. The molecule has 0 radical (unpaired) electrons. The third kappa shape index (κ3) is 4.85. The summed E-state index contributed by atoms with van der Waals surface area (Å²) in [7, 11) is 0. The van der Waals surface area contributed by atoms with Gasteiger partial charge in [0.2, 0.25) is 0 Å². The molecule has 2 aliphatic heterocycles. The molecule has 3 heterocycles. The summed E-state index contributed by atoms with van der Waals surface area (Å²) in [6.07, 6.45) is -3.85. The fraction of sp³-hybridized carbons (Fsp3) is 0.381. The summed E-state index contributed by atoms with van der Waals surface area (Å²) < 4.78 is 67.1. The van der Waals surface area contributed by atoms with Crippen LogP contribution in [0.1, 0.15) is 23.0 Å². The Labute approximate surface area is 185 Å². The van der Waals surface area contributed by atoms with Crippen molar-refractivity contribution in [2.24, 2.45) is 16.6 Å². The molecular formula is C21H20F4N4O4. The largest absolute Gasteiger partial charge is 0.483 e. The molecule has 1 saturated heterocycles. The van der Waals surface area contributed by atoms with Crippen LogP contribution in [0, 0.1) is 11.7 Å². The first-order chi connectivity index (χ1) is 15.5. The van der Waals surface area contributed by atoms with Gasteiger partial charge in [-0.3, -0.25) is 4.79 Å². The number of alkyl halides is 3. The Morgan fingerprint density at radius 1 is 1.30 bits per heavy atom. The van der Waals surface area contributed by atoms with Crippen molar-refractivity contribution in [1.82, 2.24) is 4.98 Å². The van der Waals surface area contributed by atoms with Gasteiger partial charge in [0.1, 0.15) is 23.4 Å². The molecule has 0 spiro atoms. The summed E-state index contributed by atoms with van der Waals surface area (Å²) in [6, 6.07) is 6.36. The first-order valence-corrected chi connectivity index (χ1v) is 9.92. The number of hydrogen-bond donors (Lipinski definition) is 2. The molecule has 8 nitrogen and oxygen atoms in total. The van der Waals surface area contributed by atoms with Gasteiger partial charge in [-0.2, -0.15) is 13.2 Å². The number of fused-ring (bicyclic) bond motifs is 1. The summed E-state index contributed by atoms with van der Waals surface area (Å²) >= 11 is 0. The summed E-state index contributed by atoms with van der Waals surface area (Å²) in [6.45, 7) is 0.867. The van der Waals surface area contributed by atoms with Crippen molar-refractivity contribution in [3.05, 3.63) is 53.6 Å².